The topological polar surface area (TPSA) is 42.7 Å². The summed E-state index contributed by atoms with van der Waals surface area (Å²) in [6.07, 6.45) is 1.82. The van der Waals surface area contributed by atoms with E-state index in [1.165, 1.54) is 0 Å². The number of hydrogen-bond donors (Lipinski definition) is 1. The molecule has 2 aromatic heterocycles. The van der Waals surface area contributed by atoms with Crippen molar-refractivity contribution < 1.29 is 0 Å². The van der Waals surface area contributed by atoms with Gasteiger partial charge in [-0.15, -0.1) is 0 Å². The van der Waals surface area contributed by atoms with Gasteiger partial charge < -0.3 is 5.32 Å². The molecule has 0 amide bonds. The first-order chi connectivity index (χ1) is 8.59. The molecule has 0 aliphatic rings. The van der Waals surface area contributed by atoms with Crippen molar-refractivity contribution in [3.63, 3.8) is 0 Å². The third-order valence-corrected chi connectivity index (χ3v) is 4.00. The van der Waals surface area contributed by atoms with E-state index >= 15 is 0 Å². The predicted molar refractivity (Wildman–Crippen MR) is 75.1 cm³/mol. The van der Waals surface area contributed by atoms with Crippen molar-refractivity contribution in [2.24, 2.45) is 7.05 Å². The van der Waals surface area contributed by atoms with Gasteiger partial charge in [0.2, 0.25) is 0 Å². The predicted octanol–water partition coefficient (Wildman–Crippen LogP) is 2.74. The number of rotatable bonds is 4. The van der Waals surface area contributed by atoms with E-state index < -0.39 is 0 Å². The third-order valence-electron chi connectivity index (χ3n) is 2.97. The Morgan fingerprint density at radius 3 is 2.78 bits per heavy atom. The van der Waals surface area contributed by atoms with Gasteiger partial charge in [0.25, 0.3) is 0 Å². The highest BCUT2D eigenvalue weighted by Crippen LogP contribution is 2.20. The molecule has 0 aliphatic heterocycles. The van der Waals surface area contributed by atoms with Gasteiger partial charge in [-0.3, -0.25) is 9.67 Å². The molecule has 0 saturated carbocycles. The number of aromatic nitrogens is 3. The Morgan fingerprint density at radius 1 is 1.44 bits per heavy atom. The highest BCUT2D eigenvalue weighted by Gasteiger charge is 2.12. The van der Waals surface area contributed by atoms with E-state index in [9.17, 15) is 0 Å². The Balaban J connectivity index is 2.04. The zero-order chi connectivity index (χ0) is 13.1. The molecule has 0 saturated heterocycles. The lowest BCUT2D eigenvalue weighted by molar-refractivity contribution is 0.537. The monoisotopic (exact) mass is 308 g/mol. The molecule has 2 rings (SSSR count). The Labute approximate surface area is 116 Å². The van der Waals surface area contributed by atoms with Crippen molar-refractivity contribution in [3.8, 4) is 0 Å². The van der Waals surface area contributed by atoms with Gasteiger partial charge in [0.1, 0.15) is 0 Å². The van der Waals surface area contributed by atoms with E-state index in [0.717, 1.165) is 28.1 Å². The van der Waals surface area contributed by atoms with Crippen LogP contribution < -0.4 is 5.32 Å². The molecule has 2 heterocycles. The number of hydrogen-bond acceptors (Lipinski definition) is 3. The summed E-state index contributed by atoms with van der Waals surface area (Å²) in [4.78, 5) is 4.34. The van der Waals surface area contributed by atoms with Gasteiger partial charge in [-0.2, -0.15) is 5.10 Å². The minimum atomic E-state index is 0.216. The van der Waals surface area contributed by atoms with Crippen molar-refractivity contribution in [1.82, 2.24) is 20.1 Å². The Hall–Kier alpha value is -1.20. The SMILES string of the molecule is Cc1nn(C)c(CN[C@H](C)c2ccccn2)c1Br. The van der Waals surface area contributed by atoms with Crippen LogP contribution in [0.4, 0.5) is 0 Å². The van der Waals surface area contributed by atoms with Crippen LogP contribution in [0.5, 0.6) is 0 Å². The zero-order valence-electron chi connectivity index (χ0n) is 10.8. The van der Waals surface area contributed by atoms with E-state index in [1.807, 2.05) is 43.0 Å². The average molecular weight is 309 g/mol. The first-order valence-electron chi connectivity index (χ1n) is 5.92. The molecule has 1 N–H and O–H groups in total. The maximum absolute atomic E-state index is 4.38. The van der Waals surface area contributed by atoms with Gasteiger partial charge in [-0.05, 0) is 41.9 Å². The summed E-state index contributed by atoms with van der Waals surface area (Å²) in [6.45, 7) is 4.87. The molecule has 0 aromatic carbocycles. The highest BCUT2D eigenvalue weighted by molar-refractivity contribution is 9.10. The summed E-state index contributed by atoms with van der Waals surface area (Å²) in [5.41, 5.74) is 3.21. The van der Waals surface area contributed by atoms with Crippen molar-refractivity contribution in [3.05, 3.63) is 46.0 Å². The molecule has 0 fully saturated rings. The standard InChI is InChI=1S/C13H17BrN4/c1-9(11-6-4-5-7-15-11)16-8-12-13(14)10(2)17-18(12)3/h4-7,9,16H,8H2,1-3H3/t9-/m1/s1. The largest absolute Gasteiger partial charge is 0.303 e. The summed E-state index contributed by atoms with van der Waals surface area (Å²) in [5.74, 6) is 0. The van der Waals surface area contributed by atoms with Crippen LogP contribution in [0.25, 0.3) is 0 Å². The molecule has 5 heteroatoms. The van der Waals surface area contributed by atoms with Gasteiger partial charge in [-0.25, -0.2) is 0 Å². The highest BCUT2D eigenvalue weighted by atomic mass is 79.9. The maximum atomic E-state index is 4.38. The van der Waals surface area contributed by atoms with Gasteiger partial charge in [-0.1, -0.05) is 6.07 Å². The lowest BCUT2D eigenvalue weighted by Gasteiger charge is -2.13. The normalized spacial score (nSPS) is 12.7. The Bertz CT molecular complexity index is 521. The molecule has 18 heavy (non-hydrogen) atoms. The fourth-order valence-electron chi connectivity index (χ4n) is 1.86. The molecule has 0 radical (unpaired) electrons. The second kappa shape index (κ2) is 5.63. The van der Waals surface area contributed by atoms with Crippen molar-refractivity contribution in [1.29, 1.82) is 0 Å². The third kappa shape index (κ3) is 2.79. The Kier molecular flexibility index (Phi) is 4.14. The molecular formula is C13H17BrN4. The number of halogens is 1. The lowest BCUT2D eigenvalue weighted by atomic mass is 10.2. The van der Waals surface area contributed by atoms with Crippen LogP contribution in [-0.4, -0.2) is 14.8 Å². The van der Waals surface area contributed by atoms with E-state index in [0.29, 0.717) is 0 Å². The summed E-state index contributed by atoms with van der Waals surface area (Å²) < 4.78 is 2.98. The van der Waals surface area contributed by atoms with E-state index in [2.05, 4.69) is 38.3 Å². The number of nitrogens with one attached hydrogen (secondary N) is 1. The number of pyridine rings is 1. The van der Waals surface area contributed by atoms with E-state index in [1.54, 1.807) is 0 Å². The molecule has 0 bridgehead atoms. The first kappa shape index (κ1) is 13.2. The van der Waals surface area contributed by atoms with Crippen molar-refractivity contribution >= 4 is 15.9 Å². The van der Waals surface area contributed by atoms with Crippen LogP contribution in [0.3, 0.4) is 0 Å². The summed E-state index contributed by atoms with van der Waals surface area (Å²) >= 11 is 3.57. The second-order valence-electron chi connectivity index (χ2n) is 4.33. The molecule has 1 atom stereocenters. The fourth-order valence-corrected chi connectivity index (χ4v) is 2.33. The van der Waals surface area contributed by atoms with Crippen molar-refractivity contribution in [2.75, 3.05) is 0 Å². The quantitative estimate of drug-likeness (QED) is 0.944. The molecule has 0 aliphatic carbocycles. The maximum Gasteiger partial charge on any atom is 0.0739 e. The van der Waals surface area contributed by atoms with E-state index in [-0.39, 0.29) is 6.04 Å². The van der Waals surface area contributed by atoms with Crippen LogP contribution in [0, 0.1) is 6.92 Å². The van der Waals surface area contributed by atoms with Gasteiger partial charge in [0, 0.05) is 25.8 Å². The number of nitrogens with zero attached hydrogens (tertiary/aromatic N) is 3. The van der Waals surface area contributed by atoms with Crippen LogP contribution in [0.2, 0.25) is 0 Å². The first-order valence-corrected chi connectivity index (χ1v) is 6.71. The molecule has 0 spiro atoms. The second-order valence-corrected chi connectivity index (χ2v) is 5.12. The van der Waals surface area contributed by atoms with Gasteiger partial charge >= 0.3 is 0 Å². The summed E-state index contributed by atoms with van der Waals surface area (Å²) in [6, 6.07) is 6.18. The number of aryl methyl sites for hydroxylation is 2. The summed E-state index contributed by atoms with van der Waals surface area (Å²) in [5, 5.41) is 7.83. The smallest absolute Gasteiger partial charge is 0.0739 e. The van der Waals surface area contributed by atoms with Gasteiger partial charge in [0.15, 0.2) is 0 Å². The zero-order valence-corrected chi connectivity index (χ0v) is 12.4. The molecule has 96 valence electrons. The van der Waals surface area contributed by atoms with Crippen LogP contribution in [0.15, 0.2) is 28.9 Å². The lowest BCUT2D eigenvalue weighted by Crippen LogP contribution is -2.20. The Morgan fingerprint density at radius 2 is 2.22 bits per heavy atom. The van der Waals surface area contributed by atoms with Crippen LogP contribution in [0.1, 0.15) is 30.0 Å². The van der Waals surface area contributed by atoms with Crippen molar-refractivity contribution in [2.45, 2.75) is 26.4 Å². The van der Waals surface area contributed by atoms with Crippen LogP contribution >= 0.6 is 15.9 Å². The molecule has 2 aromatic rings. The molecule has 0 unspecified atom stereocenters. The molecular weight excluding hydrogens is 292 g/mol. The van der Waals surface area contributed by atoms with E-state index in [4.69, 9.17) is 0 Å². The summed E-state index contributed by atoms with van der Waals surface area (Å²) in [7, 11) is 1.96. The van der Waals surface area contributed by atoms with Crippen LogP contribution in [-0.2, 0) is 13.6 Å². The van der Waals surface area contributed by atoms with Gasteiger partial charge in [0.05, 0.1) is 21.6 Å². The average Bonchev–Trinajstić information content (AvgIpc) is 2.62. The molecule has 4 nitrogen and oxygen atoms in total. The minimum absolute atomic E-state index is 0.216. The minimum Gasteiger partial charge on any atom is -0.303 e. The fraction of sp³-hybridized carbons (Fsp3) is 0.385.